The SMILES string of the molecule is CN(C)c1ccc(CCNC(=O)NC[C@@](C)(O)c2cnn(C)c2)cc1. The van der Waals surface area contributed by atoms with Crippen LogP contribution in [0, 0.1) is 0 Å². The standard InChI is InChI=1S/C18H27N5O2/c1-18(25,15-11-21-23(4)12-15)13-20-17(24)19-10-9-14-5-7-16(8-6-14)22(2)3/h5-8,11-12,25H,9-10,13H2,1-4H3,(H2,19,20,24)/t18-/m1/s1. The molecule has 0 aliphatic heterocycles. The third-order valence-electron chi connectivity index (χ3n) is 4.07. The molecule has 0 spiro atoms. The summed E-state index contributed by atoms with van der Waals surface area (Å²) in [5.74, 6) is 0. The number of hydrogen-bond donors (Lipinski definition) is 3. The van der Waals surface area contributed by atoms with Gasteiger partial charge in [0, 0.05) is 45.1 Å². The summed E-state index contributed by atoms with van der Waals surface area (Å²) in [6, 6.07) is 7.93. The van der Waals surface area contributed by atoms with Crippen LogP contribution in [0.3, 0.4) is 0 Å². The van der Waals surface area contributed by atoms with Gasteiger partial charge in [-0.05, 0) is 31.0 Å². The number of carbonyl (C=O) groups is 1. The first-order valence-electron chi connectivity index (χ1n) is 8.27. The topological polar surface area (TPSA) is 82.4 Å². The normalized spacial score (nSPS) is 13.2. The van der Waals surface area contributed by atoms with Gasteiger partial charge in [-0.3, -0.25) is 4.68 Å². The van der Waals surface area contributed by atoms with Gasteiger partial charge in [0.15, 0.2) is 0 Å². The summed E-state index contributed by atoms with van der Waals surface area (Å²) < 4.78 is 1.62. The van der Waals surface area contributed by atoms with E-state index in [1.807, 2.05) is 19.0 Å². The van der Waals surface area contributed by atoms with Crippen LogP contribution >= 0.6 is 0 Å². The van der Waals surface area contributed by atoms with Crippen molar-refractivity contribution in [2.75, 3.05) is 32.1 Å². The molecular formula is C18H27N5O2. The highest BCUT2D eigenvalue weighted by atomic mass is 16.3. The van der Waals surface area contributed by atoms with Crippen molar-refractivity contribution in [3.63, 3.8) is 0 Å². The average molecular weight is 345 g/mol. The van der Waals surface area contributed by atoms with E-state index in [0.717, 1.165) is 17.7 Å². The highest BCUT2D eigenvalue weighted by molar-refractivity contribution is 5.73. The molecule has 1 atom stereocenters. The Labute approximate surface area is 148 Å². The summed E-state index contributed by atoms with van der Waals surface area (Å²) in [5, 5.41) is 20.0. The summed E-state index contributed by atoms with van der Waals surface area (Å²) >= 11 is 0. The van der Waals surface area contributed by atoms with E-state index in [1.165, 1.54) is 0 Å². The quantitative estimate of drug-likeness (QED) is 0.705. The fourth-order valence-corrected chi connectivity index (χ4v) is 2.40. The van der Waals surface area contributed by atoms with Crippen molar-refractivity contribution in [1.29, 1.82) is 0 Å². The zero-order valence-electron chi connectivity index (χ0n) is 15.3. The molecule has 0 saturated carbocycles. The number of aliphatic hydroxyl groups is 1. The van der Waals surface area contributed by atoms with Gasteiger partial charge < -0.3 is 20.6 Å². The van der Waals surface area contributed by atoms with E-state index in [-0.39, 0.29) is 12.6 Å². The van der Waals surface area contributed by atoms with Crippen molar-refractivity contribution in [1.82, 2.24) is 20.4 Å². The smallest absolute Gasteiger partial charge is 0.314 e. The van der Waals surface area contributed by atoms with E-state index in [2.05, 4.69) is 40.0 Å². The minimum absolute atomic E-state index is 0.113. The summed E-state index contributed by atoms with van der Waals surface area (Å²) in [7, 11) is 5.79. The fourth-order valence-electron chi connectivity index (χ4n) is 2.40. The van der Waals surface area contributed by atoms with Crippen LogP contribution in [0.1, 0.15) is 18.1 Å². The number of nitrogens with zero attached hydrogens (tertiary/aromatic N) is 3. The Morgan fingerprint density at radius 2 is 1.96 bits per heavy atom. The molecule has 0 aliphatic rings. The lowest BCUT2D eigenvalue weighted by Crippen LogP contribution is -2.43. The highest BCUT2D eigenvalue weighted by Gasteiger charge is 2.25. The molecule has 0 aliphatic carbocycles. The largest absolute Gasteiger partial charge is 0.383 e. The second-order valence-electron chi connectivity index (χ2n) is 6.60. The molecule has 7 heteroatoms. The minimum atomic E-state index is -1.16. The number of anilines is 1. The molecule has 0 radical (unpaired) electrons. The molecule has 0 saturated heterocycles. The average Bonchev–Trinajstić information content (AvgIpc) is 3.01. The number of aryl methyl sites for hydroxylation is 1. The number of nitrogens with one attached hydrogen (secondary N) is 2. The van der Waals surface area contributed by atoms with Crippen LogP contribution in [-0.2, 0) is 19.1 Å². The third-order valence-corrected chi connectivity index (χ3v) is 4.07. The Morgan fingerprint density at radius 1 is 1.28 bits per heavy atom. The maximum absolute atomic E-state index is 11.9. The van der Waals surface area contributed by atoms with Gasteiger partial charge in [-0.1, -0.05) is 12.1 Å². The van der Waals surface area contributed by atoms with Crippen molar-refractivity contribution in [3.05, 3.63) is 47.8 Å². The number of amides is 2. The predicted molar refractivity (Wildman–Crippen MR) is 98.7 cm³/mol. The summed E-state index contributed by atoms with van der Waals surface area (Å²) in [5.41, 5.74) is 1.81. The van der Waals surface area contributed by atoms with Gasteiger partial charge in [-0.15, -0.1) is 0 Å². The van der Waals surface area contributed by atoms with E-state index in [4.69, 9.17) is 0 Å². The molecule has 1 aromatic carbocycles. The predicted octanol–water partition coefficient (Wildman–Crippen LogP) is 1.24. The van der Waals surface area contributed by atoms with Gasteiger partial charge in [0.05, 0.1) is 12.7 Å². The van der Waals surface area contributed by atoms with Crippen LogP contribution in [0.2, 0.25) is 0 Å². The molecule has 7 nitrogen and oxygen atoms in total. The molecular weight excluding hydrogens is 318 g/mol. The molecule has 0 unspecified atom stereocenters. The van der Waals surface area contributed by atoms with Crippen molar-refractivity contribution < 1.29 is 9.90 Å². The molecule has 2 aromatic rings. The Kier molecular flexibility index (Phi) is 6.03. The number of benzene rings is 1. The van der Waals surface area contributed by atoms with E-state index in [9.17, 15) is 9.90 Å². The van der Waals surface area contributed by atoms with E-state index in [1.54, 1.807) is 31.0 Å². The van der Waals surface area contributed by atoms with Gasteiger partial charge in [-0.2, -0.15) is 5.10 Å². The van der Waals surface area contributed by atoms with Gasteiger partial charge >= 0.3 is 6.03 Å². The van der Waals surface area contributed by atoms with Crippen LogP contribution in [0.15, 0.2) is 36.7 Å². The zero-order chi connectivity index (χ0) is 18.4. The Morgan fingerprint density at radius 3 is 2.52 bits per heavy atom. The van der Waals surface area contributed by atoms with Crippen molar-refractivity contribution >= 4 is 11.7 Å². The maximum atomic E-state index is 11.9. The van der Waals surface area contributed by atoms with E-state index >= 15 is 0 Å². The lowest BCUT2D eigenvalue weighted by atomic mass is 10.00. The third kappa shape index (κ3) is 5.49. The number of aromatic nitrogens is 2. The number of rotatable bonds is 7. The summed E-state index contributed by atoms with van der Waals surface area (Å²) in [6.07, 6.45) is 4.08. The molecule has 0 fully saturated rings. The number of urea groups is 1. The van der Waals surface area contributed by atoms with Gasteiger partial charge in [0.25, 0.3) is 0 Å². The number of hydrogen-bond acceptors (Lipinski definition) is 4. The monoisotopic (exact) mass is 345 g/mol. The van der Waals surface area contributed by atoms with E-state index < -0.39 is 5.60 Å². The first-order valence-corrected chi connectivity index (χ1v) is 8.27. The molecule has 1 heterocycles. The molecule has 136 valence electrons. The molecule has 25 heavy (non-hydrogen) atoms. The summed E-state index contributed by atoms with van der Waals surface area (Å²) in [6.45, 7) is 2.29. The van der Waals surface area contributed by atoms with Crippen molar-refractivity contribution in [3.8, 4) is 0 Å². The second-order valence-corrected chi connectivity index (χ2v) is 6.60. The van der Waals surface area contributed by atoms with Crippen LogP contribution in [-0.4, -0.2) is 48.1 Å². The van der Waals surface area contributed by atoms with Gasteiger partial charge in [-0.25, -0.2) is 4.79 Å². The van der Waals surface area contributed by atoms with Crippen LogP contribution in [0.25, 0.3) is 0 Å². The molecule has 1 aromatic heterocycles. The molecule has 2 amide bonds. The second kappa shape index (κ2) is 8.02. The van der Waals surface area contributed by atoms with Crippen LogP contribution in [0.4, 0.5) is 10.5 Å². The van der Waals surface area contributed by atoms with Crippen LogP contribution < -0.4 is 15.5 Å². The van der Waals surface area contributed by atoms with Crippen molar-refractivity contribution in [2.45, 2.75) is 18.9 Å². The Bertz CT molecular complexity index is 692. The Hall–Kier alpha value is -2.54. The number of carbonyl (C=O) groups excluding carboxylic acids is 1. The van der Waals surface area contributed by atoms with E-state index in [0.29, 0.717) is 12.1 Å². The molecule has 2 rings (SSSR count). The zero-order valence-corrected chi connectivity index (χ0v) is 15.3. The fraction of sp³-hybridized carbons (Fsp3) is 0.444. The van der Waals surface area contributed by atoms with Crippen molar-refractivity contribution in [2.24, 2.45) is 7.05 Å². The molecule has 3 N–H and O–H groups in total. The lowest BCUT2D eigenvalue weighted by molar-refractivity contribution is 0.0593. The first-order chi connectivity index (χ1) is 11.8. The minimum Gasteiger partial charge on any atom is -0.383 e. The van der Waals surface area contributed by atoms with Crippen LogP contribution in [0.5, 0.6) is 0 Å². The maximum Gasteiger partial charge on any atom is 0.314 e. The summed E-state index contributed by atoms with van der Waals surface area (Å²) in [4.78, 5) is 13.9. The lowest BCUT2D eigenvalue weighted by Gasteiger charge is -2.22. The molecule has 0 bridgehead atoms. The Balaban J connectivity index is 1.73. The first kappa shape index (κ1) is 18.8. The van der Waals surface area contributed by atoms with Gasteiger partial charge in [0.1, 0.15) is 5.60 Å². The highest BCUT2D eigenvalue weighted by Crippen LogP contribution is 2.18. The van der Waals surface area contributed by atoms with Gasteiger partial charge in [0.2, 0.25) is 0 Å².